The van der Waals surface area contributed by atoms with Gasteiger partial charge in [0.15, 0.2) is 0 Å². The Balaban J connectivity index is 1.71. The van der Waals surface area contributed by atoms with Gasteiger partial charge in [-0.05, 0) is 48.4 Å². The lowest BCUT2D eigenvalue weighted by molar-refractivity contribution is 0.0952. The van der Waals surface area contributed by atoms with Crippen LogP contribution < -0.4 is 10.2 Å². The van der Waals surface area contributed by atoms with Crippen molar-refractivity contribution in [1.29, 1.82) is 0 Å². The first-order valence-corrected chi connectivity index (χ1v) is 9.55. The molecule has 5 nitrogen and oxygen atoms in total. The van der Waals surface area contributed by atoms with Crippen molar-refractivity contribution < 1.29 is 14.6 Å². The van der Waals surface area contributed by atoms with Gasteiger partial charge in [-0.3, -0.25) is 4.79 Å². The number of amides is 1. The van der Waals surface area contributed by atoms with E-state index in [1.165, 1.54) is 44.2 Å². The molecule has 1 amide bonds. The van der Waals surface area contributed by atoms with Crippen LogP contribution in [0.1, 0.15) is 61.4 Å². The molecule has 2 rings (SSSR count). The molecule has 0 bridgehead atoms. The monoisotopic (exact) mass is 368 g/mol. The average Bonchev–Trinajstić information content (AvgIpc) is 2.68. The Morgan fingerprint density at radius 1 is 1.04 bits per heavy atom. The molecular weight excluding hydrogens is 340 g/mol. The molecule has 0 aromatic heterocycles. The number of aromatic hydroxyl groups is 1. The number of phenolic OH excluding ortho intramolecular Hbond substituents is 1. The molecule has 0 aliphatic heterocycles. The molecule has 0 atom stereocenters. The van der Waals surface area contributed by atoms with Crippen molar-refractivity contribution in [2.24, 2.45) is 5.10 Å². The topological polar surface area (TPSA) is 70.9 Å². The number of nitrogens with zero attached hydrogens (tertiary/aromatic N) is 1. The number of para-hydroxylation sites is 1. The summed E-state index contributed by atoms with van der Waals surface area (Å²) in [4.78, 5) is 11.9. The molecule has 0 spiro atoms. The molecule has 0 heterocycles. The zero-order valence-electron chi connectivity index (χ0n) is 15.9. The van der Waals surface area contributed by atoms with Gasteiger partial charge in [0, 0.05) is 0 Å². The Kier molecular flexibility index (Phi) is 8.90. The van der Waals surface area contributed by atoms with Gasteiger partial charge in [-0.15, -0.1) is 0 Å². The summed E-state index contributed by atoms with van der Waals surface area (Å²) in [7, 11) is 0. The fourth-order valence-electron chi connectivity index (χ4n) is 2.61. The SMILES string of the molecule is CCCCCCCCOc1ccc(/C=N\NC(=O)c2ccccc2O)cc1. The van der Waals surface area contributed by atoms with E-state index in [9.17, 15) is 9.90 Å². The van der Waals surface area contributed by atoms with Crippen LogP contribution in [-0.2, 0) is 0 Å². The summed E-state index contributed by atoms with van der Waals surface area (Å²) in [6, 6.07) is 13.9. The first-order valence-electron chi connectivity index (χ1n) is 9.55. The van der Waals surface area contributed by atoms with Gasteiger partial charge in [-0.1, -0.05) is 51.2 Å². The molecule has 2 aromatic carbocycles. The standard InChI is InChI=1S/C22H28N2O3/c1-2-3-4-5-6-9-16-27-19-14-12-18(13-15-19)17-23-24-22(26)20-10-7-8-11-21(20)25/h7-8,10-15,17,25H,2-6,9,16H2,1H3,(H,24,26)/b23-17-. The third kappa shape index (κ3) is 7.52. The van der Waals surface area contributed by atoms with E-state index < -0.39 is 5.91 Å². The maximum absolute atomic E-state index is 11.9. The second-order valence-electron chi connectivity index (χ2n) is 6.40. The first kappa shape index (κ1) is 20.5. The van der Waals surface area contributed by atoms with E-state index in [1.807, 2.05) is 24.3 Å². The van der Waals surface area contributed by atoms with E-state index in [0.717, 1.165) is 24.3 Å². The summed E-state index contributed by atoms with van der Waals surface area (Å²) in [6.07, 6.45) is 9.01. The van der Waals surface area contributed by atoms with Gasteiger partial charge in [0.2, 0.25) is 0 Å². The van der Waals surface area contributed by atoms with E-state index in [-0.39, 0.29) is 11.3 Å². The van der Waals surface area contributed by atoms with Crippen LogP contribution >= 0.6 is 0 Å². The molecular formula is C22H28N2O3. The zero-order valence-corrected chi connectivity index (χ0v) is 15.9. The van der Waals surface area contributed by atoms with Gasteiger partial charge >= 0.3 is 0 Å². The molecule has 0 fully saturated rings. The number of hydrogen-bond donors (Lipinski definition) is 2. The minimum atomic E-state index is -0.455. The third-order valence-electron chi connectivity index (χ3n) is 4.18. The maximum atomic E-state index is 11.9. The van der Waals surface area contributed by atoms with Crippen LogP contribution in [-0.4, -0.2) is 23.8 Å². The fraction of sp³-hybridized carbons (Fsp3) is 0.364. The minimum Gasteiger partial charge on any atom is -0.507 e. The quantitative estimate of drug-likeness (QED) is 0.337. The van der Waals surface area contributed by atoms with E-state index in [1.54, 1.807) is 18.3 Å². The van der Waals surface area contributed by atoms with Crippen molar-refractivity contribution in [1.82, 2.24) is 5.43 Å². The normalized spacial score (nSPS) is 10.9. The number of unbranched alkanes of at least 4 members (excludes halogenated alkanes) is 5. The number of carbonyl (C=O) groups excluding carboxylic acids is 1. The number of hydrogen-bond acceptors (Lipinski definition) is 4. The van der Waals surface area contributed by atoms with Crippen LogP contribution in [0.4, 0.5) is 0 Å². The minimum absolute atomic E-state index is 0.0722. The molecule has 5 heteroatoms. The lowest BCUT2D eigenvalue weighted by Gasteiger charge is -2.06. The number of ether oxygens (including phenoxy) is 1. The molecule has 27 heavy (non-hydrogen) atoms. The van der Waals surface area contributed by atoms with E-state index in [0.29, 0.717) is 0 Å². The molecule has 0 aliphatic rings. The fourth-order valence-corrected chi connectivity index (χ4v) is 2.61. The Labute approximate surface area is 161 Å². The molecule has 0 unspecified atom stereocenters. The number of rotatable bonds is 11. The van der Waals surface area contributed by atoms with Crippen LogP contribution in [0.2, 0.25) is 0 Å². The second-order valence-corrected chi connectivity index (χ2v) is 6.40. The number of hydrazone groups is 1. The van der Waals surface area contributed by atoms with Gasteiger partial charge in [-0.25, -0.2) is 5.43 Å². The number of carbonyl (C=O) groups is 1. The van der Waals surface area contributed by atoms with Crippen LogP contribution in [0, 0.1) is 0 Å². The largest absolute Gasteiger partial charge is 0.507 e. The highest BCUT2D eigenvalue weighted by Gasteiger charge is 2.08. The number of benzene rings is 2. The van der Waals surface area contributed by atoms with Crippen molar-refractivity contribution in [3.63, 3.8) is 0 Å². The highest BCUT2D eigenvalue weighted by atomic mass is 16.5. The Morgan fingerprint density at radius 2 is 1.74 bits per heavy atom. The van der Waals surface area contributed by atoms with Gasteiger partial charge < -0.3 is 9.84 Å². The van der Waals surface area contributed by atoms with Crippen LogP contribution in [0.25, 0.3) is 0 Å². The van der Waals surface area contributed by atoms with Gasteiger partial charge in [0.05, 0.1) is 18.4 Å². The van der Waals surface area contributed by atoms with E-state index in [4.69, 9.17) is 4.74 Å². The number of nitrogens with one attached hydrogen (secondary N) is 1. The molecule has 2 N–H and O–H groups in total. The third-order valence-corrected chi connectivity index (χ3v) is 4.18. The summed E-state index contributed by atoms with van der Waals surface area (Å²) in [5, 5.41) is 13.6. The van der Waals surface area contributed by atoms with Gasteiger partial charge in [0.1, 0.15) is 11.5 Å². The van der Waals surface area contributed by atoms with Crippen molar-refractivity contribution in [2.45, 2.75) is 45.4 Å². The van der Waals surface area contributed by atoms with Gasteiger partial charge in [0.25, 0.3) is 5.91 Å². The highest BCUT2D eigenvalue weighted by molar-refractivity contribution is 5.97. The zero-order chi connectivity index (χ0) is 19.3. The Morgan fingerprint density at radius 3 is 2.48 bits per heavy atom. The second kappa shape index (κ2) is 11.7. The summed E-state index contributed by atoms with van der Waals surface area (Å²) < 4.78 is 5.74. The molecule has 144 valence electrons. The van der Waals surface area contributed by atoms with Crippen LogP contribution in [0.5, 0.6) is 11.5 Å². The highest BCUT2D eigenvalue weighted by Crippen LogP contribution is 2.15. The Bertz CT molecular complexity index is 727. The molecule has 0 radical (unpaired) electrons. The van der Waals surface area contributed by atoms with Gasteiger partial charge in [-0.2, -0.15) is 5.10 Å². The predicted molar refractivity (Wildman–Crippen MR) is 108 cm³/mol. The molecule has 2 aromatic rings. The summed E-state index contributed by atoms with van der Waals surface area (Å²) in [5.74, 6) is 0.305. The van der Waals surface area contributed by atoms with Crippen molar-refractivity contribution >= 4 is 12.1 Å². The summed E-state index contributed by atoms with van der Waals surface area (Å²) in [6.45, 7) is 2.95. The smallest absolute Gasteiger partial charge is 0.275 e. The van der Waals surface area contributed by atoms with E-state index in [2.05, 4.69) is 17.5 Å². The summed E-state index contributed by atoms with van der Waals surface area (Å²) >= 11 is 0. The van der Waals surface area contributed by atoms with Crippen molar-refractivity contribution in [3.05, 3.63) is 59.7 Å². The maximum Gasteiger partial charge on any atom is 0.275 e. The lowest BCUT2D eigenvalue weighted by Crippen LogP contribution is -2.17. The molecule has 0 saturated carbocycles. The molecule has 0 aliphatic carbocycles. The van der Waals surface area contributed by atoms with Crippen LogP contribution in [0.15, 0.2) is 53.6 Å². The summed E-state index contributed by atoms with van der Waals surface area (Å²) in [5.41, 5.74) is 3.44. The Hall–Kier alpha value is -2.82. The first-order chi connectivity index (χ1) is 13.2. The van der Waals surface area contributed by atoms with Crippen molar-refractivity contribution in [2.75, 3.05) is 6.61 Å². The molecule has 0 saturated heterocycles. The average molecular weight is 368 g/mol. The van der Waals surface area contributed by atoms with E-state index >= 15 is 0 Å². The van der Waals surface area contributed by atoms with Crippen molar-refractivity contribution in [3.8, 4) is 11.5 Å². The predicted octanol–water partition coefficient (Wildman–Crippen LogP) is 4.90. The van der Waals surface area contributed by atoms with Crippen LogP contribution in [0.3, 0.4) is 0 Å². The lowest BCUT2D eigenvalue weighted by atomic mass is 10.1. The number of phenols is 1.